The second-order valence-corrected chi connectivity index (χ2v) is 7.29. The number of hydrogen-bond donors (Lipinski definition) is 0. The molecular weight excluding hydrogens is 387 g/mol. The zero-order valence-corrected chi connectivity index (χ0v) is 13.7. The molecule has 0 atom stereocenters. The van der Waals surface area contributed by atoms with Crippen LogP contribution in [0.4, 0.5) is 5.82 Å². The monoisotopic (exact) mass is 400 g/mol. The molecule has 1 fully saturated rings. The molecule has 0 bridgehead atoms. The first-order valence-corrected chi connectivity index (χ1v) is 8.24. The number of piperazine rings is 1. The fourth-order valence-electron chi connectivity index (χ4n) is 2.20. The van der Waals surface area contributed by atoms with Gasteiger partial charge in [-0.2, -0.15) is 0 Å². The number of rotatable bonds is 2. The molecule has 20 heavy (non-hydrogen) atoms. The van der Waals surface area contributed by atoms with E-state index in [9.17, 15) is 4.79 Å². The van der Waals surface area contributed by atoms with Crippen LogP contribution in [0.3, 0.4) is 0 Å². The number of carbonyl (C=O) groups is 1. The summed E-state index contributed by atoms with van der Waals surface area (Å²) in [6.45, 7) is 3.04. The molecule has 0 aromatic carbocycles. The van der Waals surface area contributed by atoms with Gasteiger partial charge in [-0.05, 0) is 28.7 Å². The van der Waals surface area contributed by atoms with Crippen molar-refractivity contribution in [3.63, 3.8) is 0 Å². The molecule has 5 nitrogen and oxygen atoms in total. The maximum Gasteiger partial charge on any atom is 0.254 e. The quantitative estimate of drug-likeness (QED) is 0.725. The van der Waals surface area contributed by atoms with Crippen LogP contribution in [0.25, 0.3) is 0 Å². The molecule has 104 valence electrons. The van der Waals surface area contributed by atoms with Crippen molar-refractivity contribution in [2.24, 2.45) is 0 Å². The lowest BCUT2D eigenvalue weighted by Crippen LogP contribution is -2.49. The van der Waals surface area contributed by atoms with E-state index in [1.54, 1.807) is 29.9 Å². The Morgan fingerprint density at radius 3 is 2.65 bits per heavy atom. The van der Waals surface area contributed by atoms with Gasteiger partial charge in [-0.3, -0.25) is 9.78 Å². The fraction of sp³-hybridized carbons (Fsp3) is 0.308. The summed E-state index contributed by atoms with van der Waals surface area (Å²) < 4.78 is 1.14. The number of aromatic nitrogens is 2. The number of amides is 1. The summed E-state index contributed by atoms with van der Waals surface area (Å²) in [5, 5.41) is 1.93. The second-order valence-electron chi connectivity index (χ2n) is 4.48. The van der Waals surface area contributed by atoms with Crippen LogP contribution >= 0.6 is 33.9 Å². The lowest BCUT2D eigenvalue weighted by molar-refractivity contribution is 0.0747. The minimum absolute atomic E-state index is 0.128. The molecule has 0 spiro atoms. The van der Waals surface area contributed by atoms with E-state index in [4.69, 9.17) is 0 Å². The van der Waals surface area contributed by atoms with Crippen LogP contribution in [0.2, 0.25) is 0 Å². The van der Waals surface area contributed by atoms with E-state index in [1.165, 1.54) is 0 Å². The van der Waals surface area contributed by atoms with Crippen molar-refractivity contribution < 1.29 is 4.79 Å². The van der Waals surface area contributed by atoms with Crippen molar-refractivity contribution in [1.82, 2.24) is 14.9 Å². The van der Waals surface area contributed by atoms with Gasteiger partial charge in [0.1, 0.15) is 5.82 Å². The van der Waals surface area contributed by atoms with Gasteiger partial charge in [0, 0.05) is 44.0 Å². The van der Waals surface area contributed by atoms with Gasteiger partial charge in [0.15, 0.2) is 0 Å². The molecule has 1 amide bonds. The minimum atomic E-state index is 0.128. The van der Waals surface area contributed by atoms with Crippen LogP contribution in [0.5, 0.6) is 0 Å². The normalized spacial score (nSPS) is 15.4. The van der Waals surface area contributed by atoms with Gasteiger partial charge >= 0.3 is 0 Å². The average Bonchev–Trinajstić information content (AvgIpc) is 2.94. The zero-order chi connectivity index (χ0) is 13.9. The van der Waals surface area contributed by atoms with E-state index < -0.39 is 0 Å². The Balaban J connectivity index is 1.63. The van der Waals surface area contributed by atoms with Crippen LogP contribution in [0.1, 0.15) is 10.4 Å². The Morgan fingerprint density at radius 1 is 1.25 bits per heavy atom. The summed E-state index contributed by atoms with van der Waals surface area (Å²) in [7, 11) is 0. The maximum atomic E-state index is 12.3. The van der Waals surface area contributed by atoms with Crippen LogP contribution < -0.4 is 4.90 Å². The highest BCUT2D eigenvalue weighted by molar-refractivity contribution is 14.1. The smallest absolute Gasteiger partial charge is 0.254 e. The average molecular weight is 400 g/mol. The first kappa shape index (κ1) is 13.7. The first-order valence-electron chi connectivity index (χ1n) is 6.28. The van der Waals surface area contributed by atoms with Gasteiger partial charge in [-0.15, -0.1) is 11.3 Å². The van der Waals surface area contributed by atoms with E-state index in [2.05, 4.69) is 37.5 Å². The predicted molar refractivity (Wildman–Crippen MR) is 87.2 cm³/mol. The number of anilines is 1. The van der Waals surface area contributed by atoms with Crippen molar-refractivity contribution in [3.05, 3.63) is 38.5 Å². The van der Waals surface area contributed by atoms with Gasteiger partial charge in [-0.25, -0.2) is 4.98 Å². The van der Waals surface area contributed by atoms with Crippen LogP contribution in [-0.2, 0) is 0 Å². The standard InChI is InChI=1S/C13H13IN4OS/c14-11-7-10(9-20-11)13(19)18-5-3-17(4-6-18)12-8-15-1-2-16-12/h1-2,7-9H,3-6H2. The van der Waals surface area contributed by atoms with Gasteiger partial charge in [0.2, 0.25) is 0 Å². The highest BCUT2D eigenvalue weighted by atomic mass is 127. The van der Waals surface area contributed by atoms with Crippen molar-refractivity contribution in [1.29, 1.82) is 0 Å². The van der Waals surface area contributed by atoms with Crippen molar-refractivity contribution in [2.45, 2.75) is 0 Å². The number of thiophene rings is 1. The summed E-state index contributed by atoms with van der Waals surface area (Å²) in [5.41, 5.74) is 0.798. The molecule has 2 aromatic rings. The zero-order valence-electron chi connectivity index (χ0n) is 10.7. The third-order valence-corrected chi connectivity index (χ3v) is 5.04. The Bertz CT molecular complexity index is 595. The third kappa shape index (κ3) is 2.93. The molecular formula is C13H13IN4OS. The SMILES string of the molecule is O=C(c1csc(I)c1)N1CCN(c2cnccn2)CC1. The highest BCUT2D eigenvalue weighted by Crippen LogP contribution is 2.19. The molecule has 1 aliphatic heterocycles. The number of hydrogen-bond acceptors (Lipinski definition) is 5. The van der Waals surface area contributed by atoms with Gasteiger partial charge in [0.25, 0.3) is 5.91 Å². The molecule has 0 N–H and O–H groups in total. The molecule has 7 heteroatoms. The Labute approximate surface area is 134 Å². The van der Waals surface area contributed by atoms with Gasteiger partial charge in [-0.1, -0.05) is 0 Å². The van der Waals surface area contributed by atoms with E-state index in [0.717, 1.165) is 40.4 Å². The molecule has 3 rings (SSSR count). The van der Waals surface area contributed by atoms with Crippen LogP contribution in [0, 0.1) is 2.88 Å². The number of carbonyl (C=O) groups excluding carboxylic acids is 1. The maximum absolute atomic E-state index is 12.3. The first-order chi connectivity index (χ1) is 9.74. The van der Waals surface area contributed by atoms with E-state index in [1.807, 2.05) is 16.3 Å². The minimum Gasteiger partial charge on any atom is -0.352 e. The summed E-state index contributed by atoms with van der Waals surface area (Å²) in [5.74, 6) is 1.01. The molecule has 2 aromatic heterocycles. The summed E-state index contributed by atoms with van der Waals surface area (Å²) in [6, 6.07) is 1.95. The molecule has 0 aliphatic carbocycles. The van der Waals surface area contributed by atoms with Crippen LogP contribution in [-0.4, -0.2) is 47.0 Å². The second kappa shape index (κ2) is 6.04. The van der Waals surface area contributed by atoms with Crippen molar-refractivity contribution in [2.75, 3.05) is 31.1 Å². The summed E-state index contributed by atoms with van der Waals surface area (Å²) in [6.07, 6.45) is 5.13. The van der Waals surface area contributed by atoms with Gasteiger partial charge in [0.05, 0.1) is 14.6 Å². The summed E-state index contributed by atoms with van der Waals surface area (Å²) >= 11 is 3.84. The topological polar surface area (TPSA) is 49.3 Å². The highest BCUT2D eigenvalue weighted by Gasteiger charge is 2.23. The van der Waals surface area contributed by atoms with Crippen LogP contribution in [0.15, 0.2) is 30.0 Å². The molecule has 0 saturated carbocycles. The van der Waals surface area contributed by atoms with Crippen molar-refractivity contribution >= 4 is 45.7 Å². The Kier molecular flexibility index (Phi) is 4.16. The number of halogens is 1. The fourth-order valence-corrected chi connectivity index (χ4v) is 3.52. The lowest BCUT2D eigenvalue weighted by atomic mass is 10.2. The van der Waals surface area contributed by atoms with E-state index in [0.29, 0.717) is 0 Å². The number of nitrogens with zero attached hydrogens (tertiary/aromatic N) is 4. The third-order valence-electron chi connectivity index (χ3n) is 3.25. The van der Waals surface area contributed by atoms with E-state index in [-0.39, 0.29) is 5.91 Å². The van der Waals surface area contributed by atoms with Crippen molar-refractivity contribution in [3.8, 4) is 0 Å². The summed E-state index contributed by atoms with van der Waals surface area (Å²) in [4.78, 5) is 24.8. The Morgan fingerprint density at radius 2 is 2.05 bits per heavy atom. The molecule has 1 aliphatic rings. The molecule has 0 unspecified atom stereocenters. The van der Waals surface area contributed by atoms with Gasteiger partial charge < -0.3 is 9.80 Å². The predicted octanol–water partition coefficient (Wildman–Crippen LogP) is 2.11. The lowest BCUT2D eigenvalue weighted by Gasteiger charge is -2.35. The van der Waals surface area contributed by atoms with E-state index >= 15 is 0 Å². The molecule has 3 heterocycles. The molecule has 1 saturated heterocycles. The largest absolute Gasteiger partial charge is 0.352 e. The Hall–Kier alpha value is -1.22. The molecule has 0 radical (unpaired) electrons.